The molecule has 0 spiro atoms. The SMILES string of the molecule is CC1=N[N+](=C2CCCCCC2)C(C)(C)C1. The van der Waals surface area contributed by atoms with E-state index in [0.29, 0.717) is 0 Å². The summed E-state index contributed by atoms with van der Waals surface area (Å²) in [5, 5.41) is 4.72. The molecule has 2 aliphatic rings. The molecule has 2 nitrogen and oxygen atoms in total. The second kappa shape index (κ2) is 4.07. The smallest absolute Gasteiger partial charge is 0.0875 e. The molecule has 0 radical (unpaired) electrons. The second-order valence-electron chi connectivity index (χ2n) is 5.62. The standard InChI is InChI=1S/C13H23N2/c1-11-10-13(2,3)15(14-11)12-8-6-4-5-7-9-12/h4-10H2,1-3H3/q+1. The molecule has 1 aliphatic carbocycles. The third-order valence-corrected chi connectivity index (χ3v) is 3.51. The largest absolute Gasteiger partial charge is 0.193 e. The first-order valence-electron chi connectivity index (χ1n) is 6.29. The van der Waals surface area contributed by atoms with Crippen LogP contribution in [0.25, 0.3) is 0 Å². The average molecular weight is 207 g/mol. The van der Waals surface area contributed by atoms with E-state index in [0.717, 1.165) is 6.42 Å². The van der Waals surface area contributed by atoms with Crippen molar-refractivity contribution in [3.8, 4) is 0 Å². The molecule has 2 rings (SSSR count). The molecule has 1 fully saturated rings. The highest BCUT2D eigenvalue weighted by molar-refractivity contribution is 5.85. The van der Waals surface area contributed by atoms with E-state index in [1.54, 1.807) is 5.71 Å². The Balaban J connectivity index is 2.29. The molecule has 0 amide bonds. The van der Waals surface area contributed by atoms with Crippen LogP contribution in [0.1, 0.15) is 65.7 Å². The van der Waals surface area contributed by atoms with Crippen LogP contribution >= 0.6 is 0 Å². The van der Waals surface area contributed by atoms with E-state index in [1.165, 1.54) is 44.2 Å². The summed E-state index contributed by atoms with van der Waals surface area (Å²) < 4.78 is 2.33. The van der Waals surface area contributed by atoms with Gasteiger partial charge in [-0.3, -0.25) is 0 Å². The van der Waals surface area contributed by atoms with Gasteiger partial charge in [0.15, 0.2) is 11.3 Å². The molecule has 1 heterocycles. The molecule has 0 unspecified atom stereocenters. The lowest BCUT2D eigenvalue weighted by atomic mass is 9.99. The van der Waals surface area contributed by atoms with Gasteiger partial charge in [0.25, 0.3) is 0 Å². The van der Waals surface area contributed by atoms with Gasteiger partial charge in [0.1, 0.15) is 0 Å². The van der Waals surface area contributed by atoms with Gasteiger partial charge in [0.2, 0.25) is 0 Å². The highest BCUT2D eigenvalue weighted by Gasteiger charge is 2.40. The normalized spacial score (nSPS) is 26.5. The predicted molar refractivity (Wildman–Crippen MR) is 64.8 cm³/mol. The lowest BCUT2D eigenvalue weighted by Crippen LogP contribution is -2.33. The Labute approximate surface area is 93.1 Å². The van der Waals surface area contributed by atoms with Crippen LogP contribution in [0.3, 0.4) is 0 Å². The number of nitrogens with zero attached hydrogens (tertiary/aromatic N) is 2. The molecule has 0 N–H and O–H groups in total. The van der Waals surface area contributed by atoms with Crippen LogP contribution in [0, 0.1) is 0 Å². The van der Waals surface area contributed by atoms with Gasteiger partial charge in [-0.15, -0.1) is 0 Å². The lowest BCUT2D eigenvalue weighted by Gasteiger charge is -2.13. The maximum absolute atomic E-state index is 4.72. The van der Waals surface area contributed by atoms with Crippen molar-refractivity contribution in [3.05, 3.63) is 0 Å². The molecule has 1 saturated carbocycles. The van der Waals surface area contributed by atoms with E-state index in [-0.39, 0.29) is 5.54 Å². The van der Waals surface area contributed by atoms with Crippen molar-refractivity contribution in [2.45, 2.75) is 71.3 Å². The summed E-state index contributed by atoms with van der Waals surface area (Å²) in [6.07, 6.45) is 9.17. The summed E-state index contributed by atoms with van der Waals surface area (Å²) in [4.78, 5) is 0. The van der Waals surface area contributed by atoms with E-state index < -0.39 is 0 Å². The van der Waals surface area contributed by atoms with E-state index >= 15 is 0 Å². The summed E-state index contributed by atoms with van der Waals surface area (Å²) >= 11 is 0. The molecule has 15 heavy (non-hydrogen) atoms. The Bertz CT molecular complexity index is 300. The van der Waals surface area contributed by atoms with Crippen molar-refractivity contribution in [2.24, 2.45) is 5.10 Å². The lowest BCUT2D eigenvalue weighted by molar-refractivity contribution is -0.597. The fourth-order valence-electron chi connectivity index (χ4n) is 2.89. The van der Waals surface area contributed by atoms with E-state index in [1.807, 2.05) is 0 Å². The van der Waals surface area contributed by atoms with Crippen LogP contribution < -0.4 is 0 Å². The van der Waals surface area contributed by atoms with Crippen molar-refractivity contribution < 1.29 is 4.68 Å². The Morgan fingerprint density at radius 3 is 2.13 bits per heavy atom. The molecular formula is C13H23N2+. The van der Waals surface area contributed by atoms with Crippen molar-refractivity contribution in [1.29, 1.82) is 0 Å². The Hall–Kier alpha value is -0.660. The quantitative estimate of drug-likeness (QED) is 0.427. The van der Waals surface area contributed by atoms with Gasteiger partial charge in [-0.25, -0.2) is 0 Å². The fourth-order valence-corrected chi connectivity index (χ4v) is 2.89. The maximum Gasteiger partial charge on any atom is 0.193 e. The Kier molecular flexibility index (Phi) is 2.94. The van der Waals surface area contributed by atoms with Gasteiger partial charge in [-0.05, 0) is 24.9 Å². The zero-order valence-corrected chi connectivity index (χ0v) is 10.3. The Morgan fingerprint density at radius 1 is 1.07 bits per heavy atom. The molecule has 0 atom stereocenters. The number of hydrogen-bond acceptors (Lipinski definition) is 1. The van der Waals surface area contributed by atoms with E-state index in [9.17, 15) is 0 Å². The minimum atomic E-state index is 0.226. The van der Waals surface area contributed by atoms with Crippen LogP contribution in [-0.4, -0.2) is 21.6 Å². The summed E-state index contributed by atoms with van der Waals surface area (Å²) in [7, 11) is 0. The molecule has 0 aromatic rings. The van der Waals surface area contributed by atoms with Gasteiger partial charge >= 0.3 is 0 Å². The van der Waals surface area contributed by atoms with Gasteiger partial charge in [-0.1, -0.05) is 17.5 Å². The number of hydrazone groups is 1. The number of rotatable bonds is 0. The molecule has 2 heteroatoms. The van der Waals surface area contributed by atoms with Gasteiger partial charge in [-0.2, -0.15) is 0 Å². The van der Waals surface area contributed by atoms with E-state index in [2.05, 4.69) is 25.5 Å². The minimum absolute atomic E-state index is 0.226. The predicted octanol–water partition coefficient (Wildman–Crippen LogP) is 3.35. The first-order valence-corrected chi connectivity index (χ1v) is 6.29. The van der Waals surface area contributed by atoms with Gasteiger partial charge < -0.3 is 0 Å². The van der Waals surface area contributed by atoms with Gasteiger partial charge in [0, 0.05) is 26.7 Å². The summed E-state index contributed by atoms with van der Waals surface area (Å²) in [6.45, 7) is 6.77. The van der Waals surface area contributed by atoms with Crippen LogP contribution in [0.5, 0.6) is 0 Å². The molecular weight excluding hydrogens is 184 g/mol. The maximum atomic E-state index is 4.72. The number of hydrogen-bond donors (Lipinski definition) is 0. The summed E-state index contributed by atoms with van der Waals surface area (Å²) in [6, 6.07) is 0. The fraction of sp³-hybridized carbons (Fsp3) is 0.846. The third-order valence-electron chi connectivity index (χ3n) is 3.51. The van der Waals surface area contributed by atoms with Crippen LogP contribution in [0.15, 0.2) is 5.10 Å². The summed E-state index contributed by atoms with van der Waals surface area (Å²) in [5.41, 5.74) is 3.09. The van der Waals surface area contributed by atoms with Crippen LogP contribution in [0.2, 0.25) is 0 Å². The van der Waals surface area contributed by atoms with Crippen molar-refractivity contribution in [1.82, 2.24) is 0 Å². The Morgan fingerprint density at radius 2 is 1.67 bits per heavy atom. The topological polar surface area (TPSA) is 15.4 Å². The first-order chi connectivity index (χ1) is 7.09. The third kappa shape index (κ3) is 2.30. The van der Waals surface area contributed by atoms with E-state index in [4.69, 9.17) is 5.10 Å². The molecule has 0 saturated heterocycles. The average Bonchev–Trinajstić information content (AvgIpc) is 2.41. The molecule has 1 aliphatic heterocycles. The van der Waals surface area contributed by atoms with Crippen LogP contribution in [-0.2, 0) is 0 Å². The highest BCUT2D eigenvalue weighted by Crippen LogP contribution is 2.26. The minimum Gasteiger partial charge on any atom is -0.0875 e. The molecule has 0 aromatic carbocycles. The van der Waals surface area contributed by atoms with Crippen molar-refractivity contribution >= 4 is 11.4 Å². The molecule has 0 aromatic heterocycles. The molecule has 0 bridgehead atoms. The summed E-state index contributed by atoms with van der Waals surface area (Å²) in [5.74, 6) is 0. The monoisotopic (exact) mass is 207 g/mol. The molecule has 84 valence electrons. The second-order valence-corrected chi connectivity index (χ2v) is 5.62. The zero-order chi connectivity index (χ0) is 10.9. The zero-order valence-electron chi connectivity index (χ0n) is 10.3. The van der Waals surface area contributed by atoms with Crippen molar-refractivity contribution in [3.63, 3.8) is 0 Å². The van der Waals surface area contributed by atoms with Gasteiger partial charge in [0.05, 0.1) is 12.1 Å². The van der Waals surface area contributed by atoms with Crippen LogP contribution in [0.4, 0.5) is 0 Å². The highest BCUT2D eigenvalue weighted by atomic mass is 15.4. The first kappa shape index (κ1) is 10.8. The van der Waals surface area contributed by atoms with Crippen molar-refractivity contribution in [2.75, 3.05) is 0 Å².